The van der Waals surface area contributed by atoms with Crippen LogP contribution in [0.5, 0.6) is 5.75 Å². The molecule has 0 aliphatic rings. The SMILES string of the molecule is CCNC(c1c(OC)cnn1C(C)C)C(C)(CC)OC. The molecule has 0 radical (unpaired) electrons. The second kappa shape index (κ2) is 7.09. The maximum Gasteiger partial charge on any atom is 0.161 e. The van der Waals surface area contributed by atoms with Crippen molar-refractivity contribution in [3.05, 3.63) is 11.9 Å². The molecule has 1 rings (SSSR count). The Kier molecular flexibility index (Phi) is 6.02. The van der Waals surface area contributed by atoms with Crippen LogP contribution in [0.15, 0.2) is 6.20 Å². The van der Waals surface area contributed by atoms with Crippen LogP contribution in [0.4, 0.5) is 0 Å². The van der Waals surface area contributed by atoms with Gasteiger partial charge in [0.25, 0.3) is 0 Å². The zero-order valence-electron chi connectivity index (χ0n) is 13.9. The summed E-state index contributed by atoms with van der Waals surface area (Å²) in [6.45, 7) is 11.5. The first-order valence-electron chi connectivity index (χ1n) is 7.35. The predicted octanol–water partition coefficient (Wildman–Crippen LogP) is 2.94. The van der Waals surface area contributed by atoms with Gasteiger partial charge in [-0.3, -0.25) is 4.68 Å². The Balaban J connectivity index is 3.37. The normalized spacial score (nSPS) is 16.2. The Morgan fingerprint density at radius 1 is 1.35 bits per heavy atom. The van der Waals surface area contributed by atoms with Crippen LogP contribution in [-0.4, -0.2) is 36.1 Å². The van der Waals surface area contributed by atoms with E-state index in [1.807, 2.05) is 4.68 Å². The Bertz CT molecular complexity index is 411. The lowest BCUT2D eigenvalue weighted by molar-refractivity contribution is -0.0326. The van der Waals surface area contributed by atoms with Crippen molar-refractivity contribution >= 4 is 0 Å². The first-order chi connectivity index (χ1) is 9.45. The number of rotatable bonds is 8. The Morgan fingerprint density at radius 3 is 2.40 bits per heavy atom. The summed E-state index contributed by atoms with van der Waals surface area (Å²) in [5.74, 6) is 0.807. The fourth-order valence-electron chi connectivity index (χ4n) is 2.47. The number of hydrogen-bond donors (Lipinski definition) is 1. The van der Waals surface area contributed by atoms with Crippen LogP contribution in [0, 0.1) is 0 Å². The maximum absolute atomic E-state index is 5.80. The first-order valence-corrected chi connectivity index (χ1v) is 7.35. The summed E-state index contributed by atoms with van der Waals surface area (Å²) in [5.41, 5.74) is 0.742. The van der Waals surface area contributed by atoms with Crippen molar-refractivity contribution < 1.29 is 9.47 Å². The van der Waals surface area contributed by atoms with Gasteiger partial charge in [0, 0.05) is 13.2 Å². The van der Waals surface area contributed by atoms with Gasteiger partial charge in [0.15, 0.2) is 5.75 Å². The summed E-state index contributed by atoms with van der Waals surface area (Å²) in [7, 11) is 3.45. The zero-order chi connectivity index (χ0) is 15.3. The van der Waals surface area contributed by atoms with E-state index < -0.39 is 0 Å². The standard InChI is InChI=1S/C15H29N3O2/c1-8-15(5,20-7)14(16-9-2)13-12(19-6)10-17-18(13)11(3)4/h10-11,14,16H,8-9H2,1-7H3. The molecule has 0 fully saturated rings. The molecule has 0 saturated heterocycles. The minimum Gasteiger partial charge on any atom is -0.493 e. The summed E-state index contributed by atoms with van der Waals surface area (Å²) in [6.07, 6.45) is 2.68. The predicted molar refractivity (Wildman–Crippen MR) is 81.3 cm³/mol. The highest BCUT2D eigenvalue weighted by atomic mass is 16.5. The van der Waals surface area contributed by atoms with Crippen LogP contribution in [0.3, 0.4) is 0 Å². The highest BCUT2D eigenvalue weighted by Gasteiger charge is 2.38. The van der Waals surface area contributed by atoms with E-state index in [-0.39, 0.29) is 17.7 Å². The van der Waals surface area contributed by atoms with Gasteiger partial charge in [0.05, 0.1) is 24.9 Å². The summed E-state index contributed by atoms with van der Waals surface area (Å²) < 4.78 is 13.3. The van der Waals surface area contributed by atoms with Crippen molar-refractivity contribution in [3.63, 3.8) is 0 Å². The molecule has 0 bridgehead atoms. The molecule has 5 heteroatoms. The largest absolute Gasteiger partial charge is 0.493 e. The van der Waals surface area contributed by atoms with Gasteiger partial charge in [0.1, 0.15) is 5.69 Å². The van der Waals surface area contributed by atoms with Crippen molar-refractivity contribution in [3.8, 4) is 5.75 Å². The summed E-state index contributed by atoms with van der Waals surface area (Å²) in [4.78, 5) is 0. The molecule has 1 aromatic heterocycles. The highest BCUT2D eigenvalue weighted by molar-refractivity contribution is 5.31. The minimum absolute atomic E-state index is 0.0300. The van der Waals surface area contributed by atoms with E-state index in [0.29, 0.717) is 0 Å². The van der Waals surface area contributed by atoms with E-state index in [1.165, 1.54) is 0 Å². The lowest BCUT2D eigenvalue weighted by atomic mass is 9.90. The third-order valence-corrected chi connectivity index (χ3v) is 3.97. The molecule has 5 nitrogen and oxygen atoms in total. The molecule has 0 aliphatic carbocycles. The van der Waals surface area contributed by atoms with Crippen molar-refractivity contribution in [2.75, 3.05) is 20.8 Å². The molecule has 0 spiro atoms. The first kappa shape index (κ1) is 17.0. The summed E-state index contributed by atoms with van der Waals surface area (Å²) in [5, 5.41) is 8.00. The monoisotopic (exact) mass is 283 g/mol. The fourth-order valence-corrected chi connectivity index (χ4v) is 2.47. The Labute approximate surface area is 122 Å². The van der Waals surface area contributed by atoms with Crippen LogP contribution >= 0.6 is 0 Å². The Hall–Kier alpha value is -1.07. The fraction of sp³-hybridized carbons (Fsp3) is 0.800. The number of aromatic nitrogens is 2. The van der Waals surface area contributed by atoms with E-state index in [4.69, 9.17) is 9.47 Å². The van der Waals surface area contributed by atoms with Gasteiger partial charge in [0.2, 0.25) is 0 Å². The van der Waals surface area contributed by atoms with E-state index in [2.05, 4.69) is 45.0 Å². The molecule has 0 aliphatic heterocycles. The third-order valence-electron chi connectivity index (χ3n) is 3.97. The second-order valence-corrected chi connectivity index (χ2v) is 5.50. The zero-order valence-corrected chi connectivity index (χ0v) is 13.9. The number of likely N-dealkylation sites (N-methyl/N-ethyl adjacent to an activating group) is 1. The molecule has 0 amide bonds. The van der Waals surface area contributed by atoms with Gasteiger partial charge >= 0.3 is 0 Å². The lowest BCUT2D eigenvalue weighted by Gasteiger charge is -2.37. The summed E-state index contributed by atoms with van der Waals surface area (Å²) >= 11 is 0. The molecule has 116 valence electrons. The number of hydrogen-bond acceptors (Lipinski definition) is 4. The van der Waals surface area contributed by atoms with Crippen LogP contribution in [0.1, 0.15) is 58.8 Å². The number of ether oxygens (including phenoxy) is 2. The van der Waals surface area contributed by atoms with Crippen LogP contribution in [-0.2, 0) is 4.74 Å². The van der Waals surface area contributed by atoms with Crippen LogP contribution < -0.4 is 10.1 Å². The average molecular weight is 283 g/mol. The van der Waals surface area contributed by atoms with Gasteiger partial charge in [-0.2, -0.15) is 5.10 Å². The molecule has 2 atom stereocenters. The van der Waals surface area contributed by atoms with Crippen LogP contribution in [0.2, 0.25) is 0 Å². The Morgan fingerprint density at radius 2 is 2.00 bits per heavy atom. The van der Waals surface area contributed by atoms with Gasteiger partial charge in [-0.25, -0.2) is 0 Å². The topological polar surface area (TPSA) is 48.3 Å². The van der Waals surface area contributed by atoms with Gasteiger partial charge in [-0.1, -0.05) is 13.8 Å². The van der Waals surface area contributed by atoms with Crippen LogP contribution in [0.25, 0.3) is 0 Å². The molecule has 20 heavy (non-hydrogen) atoms. The van der Waals surface area contributed by atoms with Crippen molar-refractivity contribution in [2.24, 2.45) is 0 Å². The van der Waals surface area contributed by atoms with E-state index in [9.17, 15) is 0 Å². The molecule has 0 aromatic carbocycles. The quantitative estimate of drug-likeness (QED) is 0.797. The minimum atomic E-state index is -0.310. The molecule has 2 unspecified atom stereocenters. The molecule has 0 saturated carbocycles. The van der Waals surface area contributed by atoms with E-state index in [1.54, 1.807) is 20.4 Å². The van der Waals surface area contributed by atoms with Gasteiger partial charge in [-0.05, 0) is 33.7 Å². The van der Waals surface area contributed by atoms with Crippen molar-refractivity contribution in [1.82, 2.24) is 15.1 Å². The van der Waals surface area contributed by atoms with Gasteiger partial charge < -0.3 is 14.8 Å². The van der Waals surface area contributed by atoms with Crippen molar-refractivity contribution in [1.29, 1.82) is 0 Å². The number of nitrogens with zero attached hydrogens (tertiary/aromatic N) is 2. The smallest absolute Gasteiger partial charge is 0.161 e. The van der Waals surface area contributed by atoms with Gasteiger partial charge in [-0.15, -0.1) is 0 Å². The van der Waals surface area contributed by atoms with E-state index in [0.717, 1.165) is 24.4 Å². The van der Waals surface area contributed by atoms with Crippen molar-refractivity contribution in [2.45, 2.75) is 58.7 Å². The molecule has 1 N–H and O–H groups in total. The third kappa shape index (κ3) is 3.15. The highest BCUT2D eigenvalue weighted by Crippen LogP contribution is 2.37. The molecular weight excluding hydrogens is 254 g/mol. The lowest BCUT2D eigenvalue weighted by Crippen LogP contribution is -2.44. The molecular formula is C15H29N3O2. The second-order valence-electron chi connectivity index (χ2n) is 5.50. The molecule has 1 aromatic rings. The van der Waals surface area contributed by atoms with E-state index >= 15 is 0 Å². The number of nitrogens with one attached hydrogen (secondary N) is 1. The number of methoxy groups -OCH3 is 2. The maximum atomic E-state index is 5.80. The average Bonchev–Trinajstić information content (AvgIpc) is 2.87. The molecule has 1 heterocycles. The summed E-state index contributed by atoms with van der Waals surface area (Å²) in [6, 6.07) is 0.301.